The standard InChI is InChI=1S/C31H38N4O5S/c1-20(2)27(34-14-24-6-4-5-7-25(24)15-40-19-34)30(38)35-16-31(39,17-36)12-26(35)29(37)32-13-22-8-10-23(11-9-22)28-21(3)33-18-41-28/h4-11,18,20,26-27,36,39H,12-17,19H2,1-3H3,(H,32,37)/t26-,27-,31-/m0/s1. The molecule has 218 valence electrons. The minimum Gasteiger partial charge on any atom is -0.393 e. The number of β-amino-alcohol motifs (C(OH)–C–C–N with tert-alkyl or cyclic N) is 1. The topological polar surface area (TPSA) is 115 Å². The Morgan fingerprint density at radius 2 is 1.90 bits per heavy atom. The smallest absolute Gasteiger partial charge is 0.243 e. The molecular weight excluding hydrogens is 540 g/mol. The molecule has 5 rings (SSSR count). The van der Waals surface area contributed by atoms with Crippen molar-refractivity contribution < 1.29 is 24.5 Å². The van der Waals surface area contributed by atoms with Gasteiger partial charge in [-0.05, 0) is 35.1 Å². The van der Waals surface area contributed by atoms with Crippen molar-refractivity contribution in [1.29, 1.82) is 0 Å². The zero-order chi connectivity index (χ0) is 29.1. The van der Waals surface area contributed by atoms with E-state index in [4.69, 9.17) is 4.74 Å². The van der Waals surface area contributed by atoms with Gasteiger partial charge in [-0.1, -0.05) is 62.4 Å². The van der Waals surface area contributed by atoms with Gasteiger partial charge < -0.3 is 25.2 Å². The third-order valence-electron chi connectivity index (χ3n) is 8.01. The Labute approximate surface area is 244 Å². The number of nitrogens with one attached hydrogen (secondary N) is 1. The number of thiazole rings is 1. The van der Waals surface area contributed by atoms with Crippen molar-refractivity contribution >= 4 is 23.2 Å². The predicted octanol–water partition coefficient (Wildman–Crippen LogP) is 3.07. The van der Waals surface area contributed by atoms with Crippen LogP contribution >= 0.6 is 11.3 Å². The molecular formula is C31H38N4O5S. The van der Waals surface area contributed by atoms with Gasteiger partial charge in [-0.2, -0.15) is 0 Å². The van der Waals surface area contributed by atoms with E-state index < -0.39 is 24.3 Å². The fourth-order valence-corrected chi connectivity index (χ4v) is 6.62. The summed E-state index contributed by atoms with van der Waals surface area (Å²) in [6.07, 6.45) is -0.0329. The van der Waals surface area contributed by atoms with Crippen LogP contribution in [0.1, 0.15) is 42.7 Å². The lowest BCUT2D eigenvalue weighted by Crippen LogP contribution is -2.55. The molecule has 41 heavy (non-hydrogen) atoms. The van der Waals surface area contributed by atoms with Crippen LogP contribution < -0.4 is 5.32 Å². The maximum atomic E-state index is 14.1. The molecule has 2 amide bonds. The Hall–Kier alpha value is -3.15. The number of ether oxygens (including phenoxy) is 1. The van der Waals surface area contributed by atoms with Gasteiger partial charge in [0.1, 0.15) is 18.4 Å². The van der Waals surface area contributed by atoms with E-state index in [2.05, 4.69) is 10.3 Å². The summed E-state index contributed by atoms with van der Waals surface area (Å²) >= 11 is 1.59. The van der Waals surface area contributed by atoms with Crippen LogP contribution in [0.15, 0.2) is 54.0 Å². The zero-order valence-corrected chi connectivity index (χ0v) is 24.6. The van der Waals surface area contributed by atoms with E-state index in [1.54, 1.807) is 11.3 Å². The van der Waals surface area contributed by atoms with Gasteiger partial charge in [0.2, 0.25) is 11.8 Å². The average Bonchev–Trinajstić information content (AvgIpc) is 3.49. The molecule has 3 atom stereocenters. The molecule has 1 aromatic heterocycles. The summed E-state index contributed by atoms with van der Waals surface area (Å²) in [5.41, 5.74) is 5.43. The first-order chi connectivity index (χ1) is 19.7. The van der Waals surface area contributed by atoms with Crippen molar-refractivity contribution in [3.63, 3.8) is 0 Å². The van der Waals surface area contributed by atoms with E-state index in [0.29, 0.717) is 13.2 Å². The Balaban J connectivity index is 1.31. The summed E-state index contributed by atoms with van der Waals surface area (Å²) in [5.74, 6) is -0.689. The van der Waals surface area contributed by atoms with Crippen molar-refractivity contribution in [1.82, 2.24) is 20.1 Å². The second-order valence-corrected chi connectivity index (χ2v) is 12.3. The second kappa shape index (κ2) is 12.4. The number of aromatic nitrogens is 1. The van der Waals surface area contributed by atoms with Gasteiger partial charge in [0.25, 0.3) is 0 Å². The molecule has 0 saturated carbocycles. The lowest BCUT2D eigenvalue weighted by molar-refractivity contribution is -0.147. The molecule has 3 aromatic rings. The normalized spacial score (nSPS) is 21.9. The minimum atomic E-state index is -1.55. The molecule has 0 spiro atoms. The first-order valence-electron chi connectivity index (χ1n) is 14.0. The molecule has 1 fully saturated rings. The molecule has 2 aromatic carbocycles. The van der Waals surface area contributed by atoms with Crippen LogP contribution in [0.2, 0.25) is 0 Å². The van der Waals surface area contributed by atoms with Crippen molar-refractivity contribution in [2.45, 2.75) is 64.6 Å². The quantitative estimate of drug-likeness (QED) is 0.376. The Morgan fingerprint density at radius 3 is 2.56 bits per heavy atom. The third kappa shape index (κ3) is 6.37. The Morgan fingerprint density at radius 1 is 1.17 bits per heavy atom. The molecule has 3 heterocycles. The summed E-state index contributed by atoms with van der Waals surface area (Å²) in [5, 5.41) is 23.9. The number of carbonyl (C=O) groups is 2. The summed E-state index contributed by atoms with van der Waals surface area (Å²) in [7, 11) is 0. The van der Waals surface area contributed by atoms with E-state index >= 15 is 0 Å². The van der Waals surface area contributed by atoms with Crippen LogP contribution in [-0.4, -0.2) is 74.4 Å². The number of aryl methyl sites for hydroxylation is 1. The van der Waals surface area contributed by atoms with E-state index in [1.165, 1.54) is 4.90 Å². The molecule has 0 bridgehead atoms. The van der Waals surface area contributed by atoms with Gasteiger partial charge in [0.15, 0.2) is 0 Å². The number of fused-ring (bicyclic) bond motifs is 1. The van der Waals surface area contributed by atoms with Gasteiger partial charge in [-0.15, -0.1) is 11.3 Å². The molecule has 0 radical (unpaired) electrons. The maximum absolute atomic E-state index is 14.1. The highest BCUT2D eigenvalue weighted by Gasteiger charge is 2.50. The number of benzene rings is 2. The van der Waals surface area contributed by atoms with E-state index in [-0.39, 0.29) is 44.0 Å². The predicted molar refractivity (Wildman–Crippen MR) is 157 cm³/mol. The molecule has 0 unspecified atom stereocenters. The monoisotopic (exact) mass is 578 g/mol. The largest absolute Gasteiger partial charge is 0.393 e. The summed E-state index contributed by atoms with van der Waals surface area (Å²) < 4.78 is 5.92. The average molecular weight is 579 g/mol. The SMILES string of the molecule is Cc1ncsc1-c1ccc(CNC(=O)[C@@H]2C[C@@](O)(CO)CN2C(=O)[C@H](C(C)C)N2COCc3ccccc3C2)cc1. The number of rotatable bonds is 8. The number of likely N-dealkylation sites (tertiary alicyclic amines) is 1. The number of aliphatic hydroxyl groups excluding tert-OH is 1. The fraction of sp³-hybridized carbons (Fsp3) is 0.452. The van der Waals surface area contributed by atoms with Crippen LogP contribution in [0, 0.1) is 12.8 Å². The first-order valence-corrected chi connectivity index (χ1v) is 14.9. The number of hydrogen-bond donors (Lipinski definition) is 3. The number of hydrogen-bond acceptors (Lipinski definition) is 8. The first kappa shape index (κ1) is 29.3. The van der Waals surface area contributed by atoms with Gasteiger partial charge >= 0.3 is 0 Å². The van der Waals surface area contributed by atoms with Gasteiger partial charge in [0.05, 0.1) is 41.9 Å². The van der Waals surface area contributed by atoms with E-state index in [9.17, 15) is 19.8 Å². The van der Waals surface area contributed by atoms with Crippen LogP contribution in [0.5, 0.6) is 0 Å². The molecule has 3 N–H and O–H groups in total. The Bertz CT molecular complexity index is 1380. The molecule has 10 heteroatoms. The summed E-state index contributed by atoms with van der Waals surface area (Å²) in [4.78, 5) is 36.5. The molecule has 0 aliphatic carbocycles. The number of amides is 2. The summed E-state index contributed by atoms with van der Waals surface area (Å²) in [6, 6.07) is 14.5. The van der Waals surface area contributed by atoms with Crippen LogP contribution in [-0.2, 0) is 34.0 Å². The van der Waals surface area contributed by atoms with Crippen LogP contribution in [0.25, 0.3) is 10.4 Å². The molecule has 2 aliphatic heterocycles. The number of carbonyl (C=O) groups excluding carboxylic acids is 2. The molecule has 2 aliphatic rings. The second-order valence-electron chi connectivity index (χ2n) is 11.4. The van der Waals surface area contributed by atoms with Gasteiger partial charge in [0, 0.05) is 19.5 Å². The van der Waals surface area contributed by atoms with Crippen molar-refractivity contribution in [2.24, 2.45) is 5.92 Å². The summed E-state index contributed by atoms with van der Waals surface area (Å²) in [6.45, 7) is 6.83. The highest BCUT2D eigenvalue weighted by atomic mass is 32.1. The van der Waals surface area contributed by atoms with Crippen molar-refractivity contribution in [3.8, 4) is 10.4 Å². The van der Waals surface area contributed by atoms with Gasteiger partial charge in [-0.3, -0.25) is 14.5 Å². The Kier molecular flexibility index (Phi) is 8.86. The minimum absolute atomic E-state index is 0.0329. The highest BCUT2D eigenvalue weighted by Crippen LogP contribution is 2.31. The van der Waals surface area contributed by atoms with E-state index in [0.717, 1.165) is 32.8 Å². The van der Waals surface area contributed by atoms with Gasteiger partial charge in [-0.25, -0.2) is 4.98 Å². The van der Waals surface area contributed by atoms with Crippen LogP contribution in [0.4, 0.5) is 0 Å². The molecule has 1 saturated heterocycles. The molecule has 9 nitrogen and oxygen atoms in total. The van der Waals surface area contributed by atoms with Crippen molar-refractivity contribution in [3.05, 3.63) is 76.4 Å². The van der Waals surface area contributed by atoms with Crippen molar-refractivity contribution in [2.75, 3.05) is 19.9 Å². The maximum Gasteiger partial charge on any atom is 0.243 e. The number of nitrogens with zero attached hydrogens (tertiary/aromatic N) is 3. The van der Waals surface area contributed by atoms with E-state index in [1.807, 2.05) is 79.7 Å². The highest BCUT2D eigenvalue weighted by molar-refractivity contribution is 7.13. The number of aliphatic hydroxyl groups is 2. The third-order valence-corrected chi connectivity index (χ3v) is 8.98. The fourth-order valence-electron chi connectivity index (χ4n) is 5.80. The lowest BCUT2D eigenvalue weighted by atomic mass is 9.99. The lowest BCUT2D eigenvalue weighted by Gasteiger charge is -2.36. The van der Waals surface area contributed by atoms with Crippen LogP contribution in [0.3, 0.4) is 0 Å². The zero-order valence-electron chi connectivity index (χ0n) is 23.7.